The van der Waals surface area contributed by atoms with Gasteiger partial charge in [0.05, 0.1) is 6.10 Å². The summed E-state index contributed by atoms with van der Waals surface area (Å²) in [6.07, 6.45) is 5.40. The minimum Gasteiger partial charge on any atom is -0.380 e. The molecule has 78 valence electrons. The lowest BCUT2D eigenvalue weighted by Crippen LogP contribution is -2.24. The van der Waals surface area contributed by atoms with Gasteiger partial charge in [-0.15, -0.1) is 0 Å². The maximum Gasteiger partial charge on any atom is 0.0710 e. The van der Waals surface area contributed by atoms with Gasteiger partial charge in [0.25, 0.3) is 0 Å². The summed E-state index contributed by atoms with van der Waals surface area (Å²) in [5.74, 6) is 0. The van der Waals surface area contributed by atoms with Crippen LogP contribution in [0.1, 0.15) is 25.7 Å². The molecule has 0 saturated carbocycles. The van der Waals surface area contributed by atoms with Crippen molar-refractivity contribution in [1.29, 1.82) is 0 Å². The smallest absolute Gasteiger partial charge is 0.0710 e. The monoisotopic (exact) mass is 186 g/mol. The molecular formula is C10H22N2O. The Morgan fingerprint density at radius 2 is 2.23 bits per heavy atom. The fourth-order valence-electron chi connectivity index (χ4n) is 1.85. The number of likely N-dealkylation sites (tertiary alicyclic amines) is 1. The van der Waals surface area contributed by atoms with Gasteiger partial charge >= 0.3 is 0 Å². The van der Waals surface area contributed by atoms with Gasteiger partial charge in [0.1, 0.15) is 0 Å². The van der Waals surface area contributed by atoms with Crippen LogP contribution in [0.25, 0.3) is 0 Å². The number of methoxy groups -OCH3 is 1. The summed E-state index contributed by atoms with van der Waals surface area (Å²) in [5.41, 5.74) is 5.43. The first-order valence-electron chi connectivity index (χ1n) is 5.32. The number of nitrogens with two attached hydrogens (primary N) is 1. The van der Waals surface area contributed by atoms with E-state index >= 15 is 0 Å². The Bertz CT molecular complexity index is 130. The van der Waals surface area contributed by atoms with Crippen molar-refractivity contribution in [3.63, 3.8) is 0 Å². The number of hydrogen-bond acceptors (Lipinski definition) is 3. The molecule has 0 spiro atoms. The largest absolute Gasteiger partial charge is 0.380 e. The lowest BCUT2D eigenvalue weighted by atomic mass is 10.2. The lowest BCUT2D eigenvalue weighted by molar-refractivity contribution is 0.108. The van der Waals surface area contributed by atoms with Crippen LogP contribution in [0.5, 0.6) is 0 Å². The van der Waals surface area contributed by atoms with Crippen molar-refractivity contribution in [2.45, 2.75) is 31.8 Å². The van der Waals surface area contributed by atoms with Gasteiger partial charge in [-0.25, -0.2) is 0 Å². The van der Waals surface area contributed by atoms with Crippen molar-refractivity contribution in [2.24, 2.45) is 5.73 Å². The SMILES string of the molecule is COC1CCN(CCCCCN)C1. The van der Waals surface area contributed by atoms with Crippen molar-refractivity contribution >= 4 is 0 Å². The van der Waals surface area contributed by atoms with Crippen molar-refractivity contribution in [3.05, 3.63) is 0 Å². The quantitative estimate of drug-likeness (QED) is 0.625. The van der Waals surface area contributed by atoms with Crippen molar-refractivity contribution < 1.29 is 4.74 Å². The molecule has 3 nitrogen and oxygen atoms in total. The van der Waals surface area contributed by atoms with E-state index in [9.17, 15) is 0 Å². The highest BCUT2D eigenvalue weighted by molar-refractivity contribution is 4.75. The Morgan fingerprint density at radius 3 is 2.85 bits per heavy atom. The van der Waals surface area contributed by atoms with Gasteiger partial charge in [-0.3, -0.25) is 0 Å². The van der Waals surface area contributed by atoms with Gasteiger partial charge in [0.15, 0.2) is 0 Å². The summed E-state index contributed by atoms with van der Waals surface area (Å²) >= 11 is 0. The van der Waals surface area contributed by atoms with Crippen LogP contribution in [0, 0.1) is 0 Å². The average Bonchev–Trinajstić information content (AvgIpc) is 2.60. The predicted octanol–water partition coefficient (Wildman–Crippen LogP) is 0.836. The van der Waals surface area contributed by atoms with Crippen LogP contribution >= 0.6 is 0 Å². The van der Waals surface area contributed by atoms with E-state index in [1.54, 1.807) is 0 Å². The first kappa shape index (κ1) is 11.0. The molecule has 3 heteroatoms. The molecule has 0 aromatic heterocycles. The standard InChI is InChI=1S/C10H22N2O/c1-13-10-5-8-12(9-10)7-4-2-3-6-11/h10H,2-9,11H2,1H3. The molecule has 1 fully saturated rings. The Hall–Kier alpha value is -0.120. The molecule has 0 aliphatic carbocycles. The Kier molecular flexibility index (Phi) is 5.35. The van der Waals surface area contributed by atoms with E-state index in [4.69, 9.17) is 10.5 Å². The highest BCUT2D eigenvalue weighted by atomic mass is 16.5. The average molecular weight is 186 g/mol. The molecule has 1 heterocycles. The summed E-state index contributed by atoms with van der Waals surface area (Å²) in [6, 6.07) is 0. The number of ether oxygens (including phenoxy) is 1. The van der Waals surface area contributed by atoms with E-state index in [0.717, 1.165) is 13.1 Å². The zero-order valence-corrected chi connectivity index (χ0v) is 8.67. The van der Waals surface area contributed by atoms with Crippen molar-refractivity contribution in [1.82, 2.24) is 4.90 Å². The number of hydrogen-bond donors (Lipinski definition) is 1. The van der Waals surface area contributed by atoms with Crippen LogP contribution in [0.2, 0.25) is 0 Å². The summed E-state index contributed by atoms with van der Waals surface area (Å²) in [4.78, 5) is 2.49. The van der Waals surface area contributed by atoms with E-state index < -0.39 is 0 Å². The molecule has 0 radical (unpaired) electrons. The van der Waals surface area contributed by atoms with E-state index in [1.165, 1.54) is 38.8 Å². The van der Waals surface area contributed by atoms with Crippen LogP contribution < -0.4 is 5.73 Å². The van der Waals surface area contributed by atoms with Gasteiger partial charge in [-0.1, -0.05) is 6.42 Å². The molecule has 0 aromatic rings. The lowest BCUT2D eigenvalue weighted by Gasteiger charge is -2.14. The fourth-order valence-corrected chi connectivity index (χ4v) is 1.85. The molecule has 1 aliphatic rings. The van der Waals surface area contributed by atoms with E-state index in [2.05, 4.69) is 4.90 Å². The van der Waals surface area contributed by atoms with E-state index in [0.29, 0.717) is 6.10 Å². The van der Waals surface area contributed by atoms with Gasteiger partial charge in [0, 0.05) is 20.2 Å². The van der Waals surface area contributed by atoms with Crippen LogP contribution in [-0.2, 0) is 4.74 Å². The topological polar surface area (TPSA) is 38.5 Å². The van der Waals surface area contributed by atoms with Crippen LogP contribution in [0.3, 0.4) is 0 Å². The molecule has 1 saturated heterocycles. The van der Waals surface area contributed by atoms with Crippen LogP contribution in [-0.4, -0.2) is 44.3 Å². The van der Waals surface area contributed by atoms with Crippen LogP contribution in [0.15, 0.2) is 0 Å². The zero-order chi connectivity index (χ0) is 9.52. The summed E-state index contributed by atoms with van der Waals surface area (Å²) < 4.78 is 5.31. The maximum atomic E-state index is 5.43. The molecule has 1 atom stereocenters. The minimum absolute atomic E-state index is 0.481. The number of nitrogens with zero attached hydrogens (tertiary/aromatic N) is 1. The second-order valence-corrected chi connectivity index (χ2v) is 3.80. The van der Waals surface area contributed by atoms with Gasteiger partial charge in [-0.05, 0) is 32.4 Å². The molecule has 0 aromatic carbocycles. The second kappa shape index (κ2) is 6.35. The molecule has 1 aliphatic heterocycles. The maximum absolute atomic E-state index is 5.43. The Morgan fingerprint density at radius 1 is 1.38 bits per heavy atom. The molecule has 2 N–H and O–H groups in total. The number of rotatable bonds is 6. The third-order valence-corrected chi connectivity index (χ3v) is 2.74. The van der Waals surface area contributed by atoms with Crippen molar-refractivity contribution in [3.8, 4) is 0 Å². The second-order valence-electron chi connectivity index (χ2n) is 3.80. The minimum atomic E-state index is 0.481. The highest BCUT2D eigenvalue weighted by Gasteiger charge is 2.20. The normalized spacial score (nSPS) is 24.0. The first-order valence-corrected chi connectivity index (χ1v) is 5.32. The molecule has 13 heavy (non-hydrogen) atoms. The third kappa shape index (κ3) is 4.07. The van der Waals surface area contributed by atoms with E-state index in [-0.39, 0.29) is 0 Å². The van der Waals surface area contributed by atoms with Gasteiger partial charge < -0.3 is 15.4 Å². The Labute approximate surface area is 81.2 Å². The predicted molar refractivity (Wildman–Crippen MR) is 54.8 cm³/mol. The van der Waals surface area contributed by atoms with Crippen LogP contribution in [0.4, 0.5) is 0 Å². The first-order chi connectivity index (χ1) is 6.36. The molecule has 1 unspecified atom stereocenters. The number of unbranched alkanes of at least 4 members (excludes halogenated alkanes) is 2. The summed E-state index contributed by atoms with van der Waals surface area (Å²) in [5, 5.41) is 0. The molecule has 0 amide bonds. The summed E-state index contributed by atoms with van der Waals surface area (Å²) in [7, 11) is 1.81. The molecular weight excluding hydrogens is 164 g/mol. The Balaban J connectivity index is 1.97. The van der Waals surface area contributed by atoms with E-state index in [1.807, 2.05) is 7.11 Å². The summed E-state index contributed by atoms with van der Waals surface area (Å²) in [6.45, 7) is 4.39. The third-order valence-electron chi connectivity index (χ3n) is 2.74. The highest BCUT2D eigenvalue weighted by Crippen LogP contribution is 2.12. The van der Waals surface area contributed by atoms with Crippen molar-refractivity contribution in [2.75, 3.05) is 33.3 Å². The molecule has 1 rings (SSSR count). The molecule has 0 bridgehead atoms. The fraction of sp³-hybridized carbons (Fsp3) is 1.00. The zero-order valence-electron chi connectivity index (χ0n) is 8.67. The van der Waals surface area contributed by atoms with Gasteiger partial charge in [0.2, 0.25) is 0 Å². The van der Waals surface area contributed by atoms with Gasteiger partial charge in [-0.2, -0.15) is 0 Å².